The minimum absolute atomic E-state index is 0.0164. The number of thiophene rings is 1. The van der Waals surface area contributed by atoms with Gasteiger partial charge in [0.15, 0.2) is 0 Å². The lowest BCUT2D eigenvalue weighted by molar-refractivity contribution is 0.0662. The third kappa shape index (κ3) is 5.44. The average Bonchev–Trinajstić information content (AvgIpc) is 3.35. The number of nitrogens with one attached hydrogen (secondary N) is 2. The third-order valence-corrected chi connectivity index (χ3v) is 6.77. The largest absolute Gasteiger partial charge is 0.335 e. The van der Waals surface area contributed by atoms with Gasteiger partial charge in [-0.1, -0.05) is 31.4 Å². The maximum absolute atomic E-state index is 13.0. The molecule has 1 aromatic carbocycles. The second kappa shape index (κ2) is 9.96. The summed E-state index contributed by atoms with van der Waals surface area (Å²) in [6.07, 6.45) is 5.74. The molecular formula is C23H28N4O3S. The normalized spacial score (nSPS) is 17.3. The van der Waals surface area contributed by atoms with Crippen molar-refractivity contribution in [2.75, 3.05) is 31.5 Å². The molecule has 0 radical (unpaired) electrons. The van der Waals surface area contributed by atoms with Crippen molar-refractivity contribution >= 4 is 34.9 Å². The molecule has 1 saturated carbocycles. The highest BCUT2D eigenvalue weighted by Gasteiger charge is 2.26. The Kier molecular flexibility index (Phi) is 6.86. The minimum Gasteiger partial charge on any atom is -0.335 e. The van der Waals surface area contributed by atoms with Crippen LogP contribution in [-0.4, -0.2) is 59.9 Å². The van der Waals surface area contributed by atoms with Crippen LogP contribution in [-0.2, 0) is 0 Å². The van der Waals surface area contributed by atoms with Gasteiger partial charge in [-0.2, -0.15) is 0 Å². The van der Waals surface area contributed by atoms with E-state index in [1.807, 2.05) is 11.4 Å². The minimum atomic E-state index is -0.183. The van der Waals surface area contributed by atoms with Crippen LogP contribution in [0.2, 0.25) is 0 Å². The van der Waals surface area contributed by atoms with Crippen molar-refractivity contribution in [2.24, 2.45) is 0 Å². The van der Waals surface area contributed by atoms with Crippen LogP contribution < -0.4 is 10.6 Å². The van der Waals surface area contributed by atoms with E-state index >= 15 is 0 Å². The molecule has 164 valence electrons. The Hall–Kier alpha value is -2.87. The van der Waals surface area contributed by atoms with Gasteiger partial charge >= 0.3 is 6.03 Å². The van der Waals surface area contributed by atoms with E-state index in [2.05, 4.69) is 10.6 Å². The van der Waals surface area contributed by atoms with E-state index in [-0.39, 0.29) is 23.9 Å². The van der Waals surface area contributed by atoms with Gasteiger partial charge in [-0.3, -0.25) is 9.59 Å². The molecule has 0 bridgehead atoms. The summed E-state index contributed by atoms with van der Waals surface area (Å²) in [5.74, 6) is -0.267. The second-order valence-corrected chi connectivity index (χ2v) is 9.02. The Bertz CT molecular complexity index is 917. The van der Waals surface area contributed by atoms with Gasteiger partial charge in [0.2, 0.25) is 0 Å². The molecule has 2 N–H and O–H groups in total. The van der Waals surface area contributed by atoms with Crippen molar-refractivity contribution in [3.8, 4) is 0 Å². The molecule has 4 amide bonds. The fraction of sp³-hybridized carbons (Fsp3) is 0.435. The second-order valence-electron chi connectivity index (χ2n) is 8.08. The third-order valence-electron chi connectivity index (χ3n) is 5.90. The molecule has 7 nitrogen and oxygen atoms in total. The Morgan fingerprint density at radius 1 is 0.903 bits per heavy atom. The van der Waals surface area contributed by atoms with Crippen LogP contribution in [0.4, 0.5) is 10.5 Å². The summed E-state index contributed by atoms with van der Waals surface area (Å²) in [6, 6.07) is 10.9. The number of carbonyl (C=O) groups excluding carboxylic acids is 3. The number of carbonyl (C=O) groups is 3. The summed E-state index contributed by atoms with van der Waals surface area (Å²) < 4.78 is 0. The zero-order chi connectivity index (χ0) is 21.6. The van der Waals surface area contributed by atoms with E-state index in [4.69, 9.17) is 0 Å². The number of piperazine rings is 1. The molecule has 8 heteroatoms. The van der Waals surface area contributed by atoms with Crippen LogP contribution in [0.5, 0.6) is 0 Å². The van der Waals surface area contributed by atoms with Gasteiger partial charge in [0.1, 0.15) is 0 Å². The van der Waals surface area contributed by atoms with Gasteiger partial charge in [-0.25, -0.2) is 4.79 Å². The van der Waals surface area contributed by atoms with E-state index in [1.165, 1.54) is 30.6 Å². The fourth-order valence-corrected chi connectivity index (χ4v) is 4.76. The number of rotatable bonds is 4. The predicted molar refractivity (Wildman–Crippen MR) is 122 cm³/mol. The molecule has 2 aromatic rings. The van der Waals surface area contributed by atoms with E-state index < -0.39 is 0 Å². The molecule has 0 spiro atoms. The van der Waals surface area contributed by atoms with E-state index in [0.29, 0.717) is 42.3 Å². The van der Waals surface area contributed by atoms with Crippen molar-refractivity contribution in [1.29, 1.82) is 0 Å². The molecule has 2 aliphatic rings. The molecule has 1 aromatic heterocycles. The lowest BCUT2D eigenvalue weighted by Crippen LogP contribution is -2.54. The maximum atomic E-state index is 13.0. The first-order chi connectivity index (χ1) is 15.1. The smallest absolute Gasteiger partial charge is 0.317 e. The first-order valence-corrected chi connectivity index (χ1v) is 11.8. The first-order valence-electron chi connectivity index (χ1n) is 10.9. The molecule has 2 heterocycles. The quantitative estimate of drug-likeness (QED) is 0.759. The summed E-state index contributed by atoms with van der Waals surface area (Å²) in [5, 5.41) is 7.84. The van der Waals surface area contributed by atoms with Crippen LogP contribution in [0, 0.1) is 0 Å². The summed E-state index contributed by atoms with van der Waals surface area (Å²) in [7, 11) is 0. The molecule has 1 aliphatic carbocycles. The van der Waals surface area contributed by atoms with Crippen molar-refractivity contribution < 1.29 is 14.4 Å². The number of amides is 4. The summed E-state index contributed by atoms with van der Waals surface area (Å²) in [5.41, 5.74) is 1.12. The summed E-state index contributed by atoms with van der Waals surface area (Å²) in [6.45, 7) is 2.06. The first kappa shape index (κ1) is 21.4. The summed E-state index contributed by atoms with van der Waals surface area (Å²) >= 11 is 1.37. The average molecular weight is 441 g/mol. The van der Waals surface area contributed by atoms with Crippen molar-refractivity contribution in [2.45, 2.75) is 38.1 Å². The molecule has 2 fully saturated rings. The van der Waals surface area contributed by atoms with Gasteiger partial charge in [0.25, 0.3) is 11.8 Å². The summed E-state index contributed by atoms with van der Waals surface area (Å²) in [4.78, 5) is 41.9. The van der Waals surface area contributed by atoms with Gasteiger partial charge in [0.05, 0.1) is 4.88 Å². The van der Waals surface area contributed by atoms with Crippen molar-refractivity contribution in [1.82, 2.24) is 15.1 Å². The maximum Gasteiger partial charge on any atom is 0.317 e. The lowest BCUT2D eigenvalue weighted by atomic mass is 9.96. The predicted octanol–water partition coefficient (Wildman–Crippen LogP) is 3.80. The topological polar surface area (TPSA) is 81.8 Å². The van der Waals surface area contributed by atoms with Crippen LogP contribution in [0.3, 0.4) is 0 Å². The Balaban J connectivity index is 1.30. The zero-order valence-corrected chi connectivity index (χ0v) is 18.3. The Morgan fingerprint density at radius 3 is 2.35 bits per heavy atom. The van der Waals surface area contributed by atoms with Crippen LogP contribution in [0.15, 0.2) is 41.8 Å². The number of benzene rings is 1. The van der Waals surface area contributed by atoms with Crippen LogP contribution in [0.1, 0.15) is 52.1 Å². The molecule has 0 unspecified atom stereocenters. The molecule has 4 rings (SSSR count). The van der Waals surface area contributed by atoms with Crippen LogP contribution >= 0.6 is 11.3 Å². The van der Waals surface area contributed by atoms with E-state index in [0.717, 1.165) is 12.8 Å². The van der Waals surface area contributed by atoms with E-state index in [1.54, 1.807) is 40.1 Å². The SMILES string of the molecule is O=C(Nc1cccc(C(=O)N2CCN(C(=O)NC3CCCCC3)CC2)c1)c1cccs1. The van der Waals surface area contributed by atoms with Gasteiger partial charge in [-0.15, -0.1) is 11.3 Å². The molecule has 1 aliphatic heterocycles. The molecule has 1 saturated heterocycles. The Labute approximate surface area is 186 Å². The number of hydrogen-bond donors (Lipinski definition) is 2. The molecular weight excluding hydrogens is 412 g/mol. The standard InChI is InChI=1S/C23H28N4O3S/c28-21(20-10-5-15-31-20)24-19-9-4-6-17(16-19)22(29)26-11-13-27(14-12-26)23(30)25-18-7-2-1-3-8-18/h4-6,9-10,15-16,18H,1-3,7-8,11-14H2,(H,24,28)(H,25,30). The van der Waals surface area contributed by atoms with Crippen LogP contribution in [0.25, 0.3) is 0 Å². The van der Waals surface area contributed by atoms with Crippen molar-refractivity contribution in [3.63, 3.8) is 0 Å². The highest BCUT2D eigenvalue weighted by atomic mass is 32.1. The highest BCUT2D eigenvalue weighted by molar-refractivity contribution is 7.12. The number of hydrogen-bond acceptors (Lipinski definition) is 4. The lowest BCUT2D eigenvalue weighted by Gasteiger charge is -2.36. The van der Waals surface area contributed by atoms with Gasteiger partial charge < -0.3 is 20.4 Å². The Morgan fingerprint density at radius 2 is 1.65 bits per heavy atom. The van der Waals surface area contributed by atoms with Crippen molar-refractivity contribution in [3.05, 3.63) is 52.2 Å². The number of nitrogens with zero attached hydrogens (tertiary/aromatic N) is 2. The fourth-order valence-electron chi connectivity index (χ4n) is 4.14. The van der Waals surface area contributed by atoms with Gasteiger partial charge in [0, 0.05) is 43.5 Å². The highest BCUT2D eigenvalue weighted by Crippen LogP contribution is 2.19. The number of urea groups is 1. The van der Waals surface area contributed by atoms with E-state index in [9.17, 15) is 14.4 Å². The molecule has 31 heavy (non-hydrogen) atoms. The zero-order valence-electron chi connectivity index (χ0n) is 17.5. The molecule has 0 atom stereocenters. The monoisotopic (exact) mass is 440 g/mol. The number of anilines is 1. The van der Waals surface area contributed by atoms with Gasteiger partial charge in [-0.05, 0) is 42.5 Å².